The second kappa shape index (κ2) is 4.51. The van der Waals surface area contributed by atoms with E-state index in [-0.39, 0.29) is 12.3 Å². The lowest BCUT2D eigenvalue weighted by molar-refractivity contribution is 0.305. The van der Waals surface area contributed by atoms with Crippen LogP contribution in [0.3, 0.4) is 0 Å². The highest BCUT2D eigenvalue weighted by atomic mass is 31.2. The van der Waals surface area contributed by atoms with Crippen molar-refractivity contribution in [3.8, 4) is 0 Å². The second-order valence-electron chi connectivity index (χ2n) is 2.09. The van der Waals surface area contributed by atoms with Crippen LogP contribution >= 0.6 is 15.2 Å². The molecule has 0 spiro atoms. The normalized spacial score (nSPS) is 21.3. The SMILES string of the molecule is COP(=O)(O)CCP(=O)(O)OC. The van der Waals surface area contributed by atoms with E-state index in [2.05, 4.69) is 9.05 Å². The van der Waals surface area contributed by atoms with Gasteiger partial charge in [-0.3, -0.25) is 9.13 Å². The Balaban J connectivity index is 4.00. The maximum Gasteiger partial charge on any atom is 0.328 e. The van der Waals surface area contributed by atoms with Crippen LogP contribution < -0.4 is 0 Å². The molecule has 0 radical (unpaired) electrons. The largest absolute Gasteiger partial charge is 0.328 e. The van der Waals surface area contributed by atoms with Crippen LogP contribution in [0.15, 0.2) is 0 Å². The Hall–Kier alpha value is 0.300. The van der Waals surface area contributed by atoms with Crippen molar-refractivity contribution in [1.29, 1.82) is 0 Å². The quantitative estimate of drug-likeness (QED) is 0.658. The summed E-state index contributed by atoms with van der Waals surface area (Å²) < 4.78 is 30.0. The van der Waals surface area contributed by atoms with Gasteiger partial charge in [-0.15, -0.1) is 0 Å². The Morgan fingerprint density at radius 3 is 1.42 bits per heavy atom. The van der Waals surface area contributed by atoms with Gasteiger partial charge in [-0.05, 0) is 0 Å². The van der Waals surface area contributed by atoms with Crippen molar-refractivity contribution >= 4 is 15.2 Å². The fraction of sp³-hybridized carbons (Fsp3) is 1.00. The van der Waals surface area contributed by atoms with Gasteiger partial charge in [-0.1, -0.05) is 0 Å². The fourth-order valence-corrected chi connectivity index (χ4v) is 2.82. The van der Waals surface area contributed by atoms with Crippen LogP contribution in [-0.2, 0) is 18.2 Å². The van der Waals surface area contributed by atoms with E-state index in [0.717, 1.165) is 14.2 Å². The first-order chi connectivity index (χ1) is 5.33. The van der Waals surface area contributed by atoms with Crippen LogP contribution in [0.4, 0.5) is 0 Å². The molecule has 0 aliphatic carbocycles. The van der Waals surface area contributed by atoms with E-state index in [1.165, 1.54) is 0 Å². The third kappa shape index (κ3) is 5.04. The van der Waals surface area contributed by atoms with Gasteiger partial charge in [-0.25, -0.2) is 0 Å². The third-order valence-corrected chi connectivity index (χ3v) is 4.31. The molecule has 12 heavy (non-hydrogen) atoms. The molecule has 0 saturated heterocycles. The maximum atomic E-state index is 10.8. The monoisotopic (exact) mass is 218 g/mol. The van der Waals surface area contributed by atoms with Crippen LogP contribution in [0.25, 0.3) is 0 Å². The van der Waals surface area contributed by atoms with Gasteiger partial charge in [0.05, 0.1) is 12.3 Å². The standard InChI is InChI=1S/C4H12O6P2/c1-9-11(5,6)3-4-12(7,8)10-2/h3-4H2,1-2H3,(H,5,6)(H,7,8). The number of hydrogen-bond acceptors (Lipinski definition) is 4. The minimum absolute atomic E-state index is 0.384. The predicted molar refractivity (Wildman–Crippen MR) is 43.4 cm³/mol. The average Bonchev–Trinajstić information content (AvgIpc) is 2.02. The van der Waals surface area contributed by atoms with E-state index in [4.69, 9.17) is 9.79 Å². The fourth-order valence-electron chi connectivity index (χ4n) is 0.435. The van der Waals surface area contributed by atoms with Gasteiger partial charge < -0.3 is 18.8 Å². The van der Waals surface area contributed by atoms with Gasteiger partial charge in [0.2, 0.25) is 0 Å². The summed E-state index contributed by atoms with van der Waals surface area (Å²) in [6.07, 6.45) is -0.768. The highest BCUT2D eigenvalue weighted by Crippen LogP contribution is 2.48. The lowest BCUT2D eigenvalue weighted by atomic mass is 11.0. The van der Waals surface area contributed by atoms with Crippen molar-refractivity contribution in [2.24, 2.45) is 0 Å². The zero-order chi connectivity index (χ0) is 9.83. The van der Waals surface area contributed by atoms with Crippen molar-refractivity contribution < 1.29 is 28.0 Å². The minimum atomic E-state index is -3.70. The molecule has 0 aliphatic heterocycles. The molecule has 0 heterocycles. The molecule has 0 aromatic heterocycles. The first-order valence-corrected chi connectivity index (χ1v) is 6.60. The van der Waals surface area contributed by atoms with Crippen molar-refractivity contribution in [2.45, 2.75) is 0 Å². The van der Waals surface area contributed by atoms with Crippen LogP contribution in [0.2, 0.25) is 0 Å². The highest BCUT2D eigenvalue weighted by molar-refractivity contribution is 7.57. The summed E-state index contributed by atoms with van der Waals surface area (Å²) in [5.74, 6) is 0. The summed E-state index contributed by atoms with van der Waals surface area (Å²) in [4.78, 5) is 17.7. The first kappa shape index (κ1) is 12.3. The lowest BCUT2D eigenvalue weighted by Crippen LogP contribution is -1.99. The summed E-state index contributed by atoms with van der Waals surface area (Å²) in [5.41, 5.74) is 0. The molecular weight excluding hydrogens is 206 g/mol. The molecule has 2 atom stereocenters. The third-order valence-electron chi connectivity index (χ3n) is 1.24. The first-order valence-electron chi connectivity index (χ1n) is 3.08. The van der Waals surface area contributed by atoms with E-state index < -0.39 is 15.2 Å². The molecule has 2 N–H and O–H groups in total. The van der Waals surface area contributed by atoms with Crippen molar-refractivity contribution in [2.75, 3.05) is 26.5 Å². The Bertz CT molecular complexity index is 202. The molecule has 6 nitrogen and oxygen atoms in total. The minimum Gasteiger partial charge on any atom is -0.324 e. The highest BCUT2D eigenvalue weighted by Gasteiger charge is 2.25. The molecule has 0 fully saturated rings. The molecule has 0 aliphatic rings. The van der Waals surface area contributed by atoms with Gasteiger partial charge in [-0.2, -0.15) is 0 Å². The topological polar surface area (TPSA) is 93.1 Å². The Morgan fingerprint density at radius 2 is 1.25 bits per heavy atom. The summed E-state index contributed by atoms with van der Waals surface area (Å²) in [6, 6.07) is 0. The summed E-state index contributed by atoms with van der Waals surface area (Å²) in [7, 11) is -5.26. The van der Waals surface area contributed by atoms with Crippen LogP contribution in [0, 0.1) is 0 Å². The second-order valence-corrected chi connectivity index (χ2v) is 6.26. The molecular formula is C4H12O6P2. The molecule has 74 valence electrons. The molecule has 0 rings (SSSR count). The smallest absolute Gasteiger partial charge is 0.324 e. The van der Waals surface area contributed by atoms with Gasteiger partial charge in [0.25, 0.3) is 0 Å². The Labute approximate surface area is 70.6 Å². The lowest BCUT2D eigenvalue weighted by Gasteiger charge is -2.11. The van der Waals surface area contributed by atoms with Crippen LogP contribution in [-0.4, -0.2) is 36.3 Å². The molecule has 0 saturated carbocycles. The number of hydrogen-bond donors (Lipinski definition) is 2. The summed E-state index contributed by atoms with van der Waals surface area (Å²) in [6.45, 7) is 0. The zero-order valence-electron chi connectivity index (χ0n) is 6.84. The van der Waals surface area contributed by atoms with Gasteiger partial charge >= 0.3 is 15.2 Å². The molecule has 0 bridgehead atoms. The van der Waals surface area contributed by atoms with Gasteiger partial charge in [0.1, 0.15) is 0 Å². The molecule has 0 aromatic carbocycles. The summed E-state index contributed by atoms with van der Waals surface area (Å²) >= 11 is 0. The van der Waals surface area contributed by atoms with E-state index in [1.807, 2.05) is 0 Å². The van der Waals surface area contributed by atoms with Gasteiger partial charge in [0, 0.05) is 14.2 Å². The van der Waals surface area contributed by atoms with Crippen molar-refractivity contribution in [3.63, 3.8) is 0 Å². The van der Waals surface area contributed by atoms with Crippen LogP contribution in [0.5, 0.6) is 0 Å². The zero-order valence-corrected chi connectivity index (χ0v) is 8.62. The van der Waals surface area contributed by atoms with E-state index in [9.17, 15) is 9.13 Å². The van der Waals surface area contributed by atoms with E-state index in [1.54, 1.807) is 0 Å². The van der Waals surface area contributed by atoms with Gasteiger partial charge in [0.15, 0.2) is 0 Å². The Kier molecular flexibility index (Phi) is 4.62. The van der Waals surface area contributed by atoms with Crippen molar-refractivity contribution in [3.05, 3.63) is 0 Å². The maximum absolute atomic E-state index is 10.8. The Morgan fingerprint density at radius 1 is 1.00 bits per heavy atom. The van der Waals surface area contributed by atoms with E-state index in [0.29, 0.717) is 0 Å². The summed E-state index contributed by atoms with van der Waals surface area (Å²) in [5, 5.41) is 0. The number of rotatable bonds is 5. The molecule has 0 aromatic rings. The molecule has 2 unspecified atom stereocenters. The predicted octanol–water partition coefficient (Wildman–Crippen LogP) is 0.650. The van der Waals surface area contributed by atoms with Crippen molar-refractivity contribution in [1.82, 2.24) is 0 Å². The molecule has 0 amide bonds. The average molecular weight is 218 g/mol. The molecule has 8 heteroatoms. The van der Waals surface area contributed by atoms with Crippen LogP contribution in [0.1, 0.15) is 0 Å². The van der Waals surface area contributed by atoms with E-state index >= 15 is 0 Å².